The Hall–Kier alpha value is -0.240. The van der Waals surface area contributed by atoms with Crippen LogP contribution in [-0.2, 0) is 23.7 Å². The number of rotatable bonds is 10. The highest BCUT2D eigenvalue weighted by Crippen LogP contribution is 2.27. The molecule has 3 heterocycles. The van der Waals surface area contributed by atoms with Gasteiger partial charge in [0.1, 0.15) is 6.10 Å². The molecule has 0 aromatic carbocycles. The number of ether oxygens (including phenoxy) is 5. The fraction of sp³-hybridized carbons (Fsp3) is 1.00. The van der Waals surface area contributed by atoms with Crippen LogP contribution in [0.25, 0.3) is 0 Å². The van der Waals surface area contributed by atoms with Crippen molar-refractivity contribution in [3.8, 4) is 0 Å². The molecule has 29 heavy (non-hydrogen) atoms. The third-order valence-electron chi connectivity index (χ3n) is 6.33. The van der Waals surface area contributed by atoms with Gasteiger partial charge < -0.3 is 28.6 Å². The minimum absolute atomic E-state index is 0.172. The summed E-state index contributed by atoms with van der Waals surface area (Å²) in [6, 6.07) is 0. The second kappa shape index (κ2) is 11.4. The van der Waals surface area contributed by atoms with Crippen molar-refractivity contribution in [1.29, 1.82) is 0 Å². The van der Waals surface area contributed by atoms with Crippen LogP contribution >= 0.6 is 0 Å². The average molecular weight is 414 g/mol. The van der Waals surface area contributed by atoms with Crippen LogP contribution < -0.4 is 0 Å². The van der Waals surface area contributed by atoms with E-state index in [0.29, 0.717) is 12.7 Å². The van der Waals surface area contributed by atoms with Gasteiger partial charge in [-0.25, -0.2) is 0 Å². The monoisotopic (exact) mass is 413 g/mol. The Balaban J connectivity index is 1.34. The molecule has 0 aromatic rings. The van der Waals surface area contributed by atoms with Gasteiger partial charge in [-0.3, -0.25) is 0 Å². The zero-order valence-corrected chi connectivity index (χ0v) is 19.2. The van der Waals surface area contributed by atoms with E-state index in [1.165, 1.54) is 0 Å². The number of hydrogen-bond acceptors (Lipinski definition) is 6. The van der Waals surface area contributed by atoms with E-state index in [1.54, 1.807) is 0 Å². The Bertz CT molecular complexity index is 468. The molecule has 3 aliphatic rings. The fourth-order valence-corrected chi connectivity index (χ4v) is 4.73. The summed E-state index contributed by atoms with van der Waals surface area (Å²) in [6.45, 7) is 12.3. The maximum atomic E-state index is 6.36. The molecule has 3 fully saturated rings. The lowest BCUT2D eigenvalue weighted by Gasteiger charge is -2.40. The molecule has 0 spiro atoms. The minimum Gasteiger partial charge on any atom is -0.378 e. The first-order valence-electron chi connectivity index (χ1n) is 11.8. The van der Waals surface area contributed by atoms with Crippen LogP contribution in [0.15, 0.2) is 0 Å². The summed E-state index contributed by atoms with van der Waals surface area (Å²) in [7, 11) is 2.19. The van der Waals surface area contributed by atoms with E-state index in [4.69, 9.17) is 23.7 Å². The van der Waals surface area contributed by atoms with Crippen molar-refractivity contribution in [2.24, 2.45) is 0 Å². The number of likely N-dealkylation sites (tertiary alicyclic amines) is 1. The van der Waals surface area contributed by atoms with Crippen molar-refractivity contribution in [1.82, 2.24) is 4.90 Å². The first-order valence-corrected chi connectivity index (χ1v) is 11.8. The van der Waals surface area contributed by atoms with Crippen LogP contribution in [0.4, 0.5) is 0 Å². The van der Waals surface area contributed by atoms with Crippen molar-refractivity contribution in [3.63, 3.8) is 0 Å². The Kier molecular flexibility index (Phi) is 9.21. The molecule has 6 unspecified atom stereocenters. The van der Waals surface area contributed by atoms with E-state index in [9.17, 15) is 0 Å². The van der Waals surface area contributed by atoms with E-state index < -0.39 is 0 Å². The molecule has 3 aliphatic heterocycles. The van der Waals surface area contributed by atoms with Gasteiger partial charge in [0.05, 0.1) is 49.3 Å². The Morgan fingerprint density at radius 3 is 2.21 bits per heavy atom. The number of piperidine rings is 1. The van der Waals surface area contributed by atoms with Crippen LogP contribution in [0.3, 0.4) is 0 Å². The van der Waals surface area contributed by atoms with Gasteiger partial charge in [-0.15, -0.1) is 0 Å². The second-order valence-corrected chi connectivity index (χ2v) is 9.60. The van der Waals surface area contributed by atoms with E-state index in [-0.39, 0.29) is 42.7 Å². The third-order valence-corrected chi connectivity index (χ3v) is 6.33. The maximum absolute atomic E-state index is 6.36. The van der Waals surface area contributed by atoms with E-state index in [0.717, 1.165) is 58.2 Å². The molecule has 0 amide bonds. The first-order chi connectivity index (χ1) is 13.9. The third kappa shape index (κ3) is 7.75. The highest BCUT2D eigenvalue weighted by molar-refractivity contribution is 4.83. The van der Waals surface area contributed by atoms with Gasteiger partial charge in [0, 0.05) is 26.1 Å². The molecule has 6 atom stereocenters. The van der Waals surface area contributed by atoms with E-state index >= 15 is 0 Å². The standard InChI is InChI=1S/C23H43NO5/c1-16(2)27-23-15-26-22(23)13-18(4)29-20-8-11-25-21(14-20)12-17(3)28-19-6-9-24(5)10-7-19/h16-23H,6-15H2,1-5H3. The molecule has 0 bridgehead atoms. The lowest BCUT2D eigenvalue weighted by atomic mass is 9.99. The molecule has 170 valence electrons. The van der Waals surface area contributed by atoms with Crippen LogP contribution in [0.2, 0.25) is 0 Å². The minimum atomic E-state index is 0.172. The smallest absolute Gasteiger partial charge is 0.107 e. The molecule has 3 rings (SSSR count). The molecular formula is C23H43NO5. The number of hydrogen-bond donors (Lipinski definition) is 0. The zero-order valence-electron chi connectivity index (χ0n) is 19.2. The van der Waals surface area contributed by atoms with Gasteiger partial charge in [0.15, 0.2) is 0 Å². The molecule has 6 heteroatoms. The first kappa shape index (κ1) is 23.4. The summed E-state index contributed by atoms with van der Waals surface area (Å²) in [5.41, 5.74) is 0. The van der Waals surface area contributed by atoms with Gasteiger partial charge in [0.25, 0.3) is 0 Å². The van der Waals surface area contributed by atoms with Gasteiger partial charge in [-0.1, -0.05) is 0 Å². The summed E-state index contributed by atoms with van der Waals surface area (Å²) in [4.78, 5) is 2.38. The van der Waals surface area contributed by atoms with Gasteiger partial charge in [-0.2, -0.15) is 0 Å². The molecule has 0 aromatic heterocycles. The highest BCUT2D eigenvalue weighted by Gasteiger charge is 2.36. The van der Waals surface area contributed by atoms with Gasteiger partial charge >= 0.3 is 0 Å². The molecule has 0 saturated carbocycles. The van der Waals surface area contributed by atoms with Crippen molar-refractivity contribution < 1.29 is 23.7 Å². The van der Waals surface area contributed by atoms with Crippen LogP contribution in [0.5, 0.6) is 0 Å². The highest BCUT2D eigenvalue weighted by atomic mass is 16.6. The zero-order chi connectivity index (χ0) is 20.8. The lowest BCUT2D eigenvalue weighted by molar-refractivity contribution is -0.214. The molecule has 0 aliphatic carbocycles. The van der Waals surface area contributed by atoms with Crippen molar-refractivity contribution >= 4 is 0 Å². The Morgan fingerprint density at radius 2 is 1.55 bits per heavy atom. The van der Waals surface area contributed by atoms with Gasteiger partial charge in [0.2, 0.25) is 0 Å². The van der Waals surface area contributed by atoms with E-state index in [1.807, 2.05) is 0 Å². The predicted molar refractivity (Wildman–Crippen MR) is 113 cm³/mol. The van der Waals surface area contributed by atoms with E-state index in [2.05, 4.69) is 39.6 Å². The fourth-order valence-electron chi connectivity index (χ4n) is 4.73. The molecule has 0 radical (unpaired) electrons. The average Bonchev–Trinajstić information content (AvgIpc) is 2.65. The maximum Gasteiger partial charge on any atom is 0.107 e. The van der Waals surface area contributed by atoms with Crippen molar-refractivity contribution in [2.45, 2.75) is 115 Å². The molecular weight excluding hydrogens is 370 g/mol. The quantitative estimate of drug-likeness (QED) is 0.547. The van der Waals surface area contributed by atoms with Gasteiger partial charge in [-0.05, 0) is 66.8 Å². The van der Waals surface area contributed by atoms with Crippen LogP contribution in [0.1, 0.15) is 66.2 Å². The SMILES string of the molecule is CC(C)OC1COC1CC(C)OC1CCOC(CC(C)OC2CCN(C)CC2)C1. The molecule has 3 saturated heterocycles. The summed E-state index contributed by atoms with van der Waals surface area (Å²) >= 11 is 0. The summed E-state index contributed by atoms with van der Waals surface area (Å²) in [6.07, 6.45) is 8.03. The summed E-state index contributed by atoms with van der Waals surface area (Å²) in [5, 5.41) is 0. The van der Waals surface area contributed by atoms with Crippen LogP contribution in [0, 0.1) is 0 Å². The molecule has 0 N–H and O–H groups in total. The molecule has 6 nitrogen and oxygen atoms in total. The topological polar surface area (TPSA) is 49.4 Å². The second-order valence-electron chi connectivity index (χ2n) is 9.60. The van der Waals surface area contributed by atoms with Crippen molar-refractivity contribution in [3.05, 3.63) is 0 Å². The Morgan fingerprint density at radius 1 is 0.862 bits per heavy atom. The lowest BCUT2D eigenvalue weighted by Crippen LogP contribution is -2.49. The van der Waals surface area contributed by atoms with Crippen LogP contribution in [-0.4, -0.2) is 87.1 Å². The Labute approximate surface area is 177 Å². The predicted octanol–water partition coefficient (Wildman–Crippen LogP) is 3.41. The van der Waals surface area contributed by atoms with Crippen molar-refractivity contribution in [2.75, 3.05) is 33.4 Å². The summed E-state index contributed by atoms with van der Waals surface area (Å²) < 4.78 is 30.3. The summed E-state index contributed by atoms with van der Waals surface area (Å²) in [5.74, 6) is 0. The largest absolute Gasteiger partial charge is 0.378 e. The normalized spacial score (nSPS) is 34.1. The number of nitrogens with zero attached hydrogens (tertiary/aromatic N) is 1.